The van der Waals surface area contributed by atoms with Crippen LogP contribution in [0.3, 0.4) is 0 Å². The van der Waals surface area contributed by atoms with Gasteiger partial charge < -0.3 is 0 Å². The summed E-state index contributed by atoms with van der Waals surface area (Å²) in [6.45, 7) is 4.74. The molecule has 2 saturated carbocycles. The van der Waals surface area contributed by atoms with Gasteiger partial charge in [0.25, 0.3) is 0 Å². The first-order valence-electron chi connectivity index (χ1n) is 8.20. The van der Waals surface area contributed by atoms with Crippen LogP contribution in [0, 0.1) is 23.7 Å². The normalized spacial score (nSPS) is 39.5. The average Bonchev–Trinajstić information content (AvgIpc) is 2.42. The molecule has 1 atom stereocenters. The second kappa shape index (κ2) is 6.91. The maximum atomic E-state index is 5.89. The van der Waals surface area contributed by atoms with Crippen molar-refractivity contribution < 1.29 is 0 Å². The minimum absolute atomic E-state index is 0.593. The molecule has 2 aliphatic rings. The molecule has 0 aromatic carbocycles. The van der Waals surface area contributed by atoms with Crippen LogP contribution in [0.15, 0.2) is 0 Å². The smallest absolute Gasteiger partial charge is 0.0267 e. The first-order valence-corrected chi connectivity index (χ1v) is 8.20. The van der Waals surface area contributed by atoms with Crippen molar-refractivity contribution in [1.82, 2.24) is 5.43 Å². The highest BCUT2D eigenvalue weighted by Gasteiger charge is 2.33. The minimum atomic E-state index is 0.593. The van der Waals surface area contributed by atoms with Crippen molar-refractivity contribution >= 4 is 0 Å². The average molecular weight is 252 g/mol. The number of nitrogens with two attached hydrogens (primary N) is 1. The van der Waals surface area contributed by atoms with Gasteiger partial charge in [-0.1, -0.05) is 46.0 Å². The highest BCUT2D eigenvalue weighted by atomic mass is 15.2. The number of rotatable bonds is 4. The van der Waals surface area contributed by atoms with Gasteiger partial charge in [-0.3, -0.25) is 11.3 Å². The molecule has 106 valence electrons. The molecular formula is C16H32N2. The molecule has 2 heteroatoms. The fourth-order valence-corrected chi connectivity index (χ4v) is 4.26. The molecular weight excluding hydrogens is 220 g/mol. The molecule has 0 aromatic rings. The summed E-state index contributed by atoms with van der Waals surface area (Å²) >= 11 is 0. The third-order valence-corrected chi connectivity index (χ3v) is 5.74. The van der Waals surface area contributed by atoms with E-state index in [1.165, 1.54) is 57.8 Å². The quantitative estimate of drug-likeness (QED) is 0.589. The van der Waals surface area contributed by atoms with Crippen molar-refractivity contribution in [1.29, 1.82) is 0 Å². The van der Waals surface area contributed by atoms with Crippen LogP contribution >= 0.6 is 0 Å². The lowest BCUT2D eigenvalue weighted by atomic mass is 9.70. The van der Waals surface area contributed by atoms with Crippen LogP contribution in [0.2, 0.25) is 0 Å². The SMILES string of the molecule is CCC1CCC(C(NN)C2CCC(C)CC2)CC1. The third kappa shape index (κ3) is 3.48. The Morgan fingerprint density at radius 1 is 0.944 bits per heavy atom. The van der Waals surface area contributed by atoms with E-state index in [-0.39, 0.29) is 0 Å². The molecule has 2 nitrogen and oxygen atoms in total. The van der Waals surface area contributed by atoms with Crippen LogP contribution in [-0.2, 0) is 0 Å². The van der Waals surface area contributed by atoms with Crippen LogP contribution in [0.5, 0.6) is 0 Å². The topological polar surface area (TPSA) is 38.0 Å². The molecule has 0 radical (unpaired) electrons. The monoisotopic (exact) mass is 252 g/mol. The maximum Gasteiger partial charge on any atom is 0.0267 e. The van der Waals surface area contributed by atoms with Gasteiger partial charge in [0, 0.05) is 6.04 Å². The Balaban J connectivity index is 1.85. The van der Waals surface area contributed by atoms with Crippen molar-refractivity contribution in [2.75, 3.05) is 0 Å². The van der Waals surface area contributed by atoms with Gasteiger partial charge in [-0.25, -0.2) is 0 Å². The van der Waals surface area contributed by atoms with Crippen LogP contribution in [0.4, 0.5) is 0 Å². The van der Waals surface area contributed by atoms with E-state index in [4.69, 9.17) is 5.84 Å². The molecule has 0 bridgehead atoms. The molecule has 2 fully saturated rings. The van der Waals surface area contributed by atoms with Crippen molar-refractivity contribution in [2.24, 2.45) is 29.5 Å². The van der Waals surface area contributed by atoms with Crippen LogP contribution < -0.4 is 11.3 Å². The molecule has 2 aliphatic carbocycles. The lowest BCUT2D eigenvalue weighted by Crippen LogP contribution is -2.48. The van der Waals surface area contributed by atoms with E-state index in [1.54, 1.807) is 0 Å². The summed E-state index contributed by atoms with van der Waals surface area (Å²) in [6.07, 6.45) is 12.6. The molecule has 3 N–H and O–H groups in total. The van der Waals surface area contributed by atoms with Gasteiger partial charge in [-0.05, 0) is 49.4 Å². The fraction of sp³-hybridized carbons (Fsp3) is 1.00. The third-order valence-electron chi connectivity index (χ3n) is 5.74. The summed E-state index contributed by atoms with van der Waals surface area (Å²) in [5.74, 6) is 9.50. The van der Waals surface area contributed by atoms with Gasteiger partial charge >= 0.3 is 0 Å². The van der Waals surface area contributed by atoms with E-state index in [0.29, 0.717) is 6.04 Å². The van der Waals surface area contributed by atoms with E-state index in [2.05, 4.69) is 19.3 Å². The van der Waals surface area contributed by atoms with Gasteiger partial charge in [-0.15, -0.1) is 0 Å². The summed E-state index contributed by atoms with van der Waals surface area (Å²) < 4.78 is 0. The van der Waals surface area contributed by atoms with Gasteiger partial charge in [0.2, 0.25) is 0 Å². The number of hydrogen-bond acceptors (Lipinski definition) is 2. The summed E-state index contributed by atoms with van der Waals surface area (Å²) in [6, 6.07) is 0.593. The Bertz CT molecular complexity index is 225. The van der Waals surface area contributed by atoms with E-state index < -0.39 is 0 Å². The van der Waals surface area contributed by atoms with E-state index in [0.717, 1.165) is 23.7 Å². The Hall–Kier alpha value is -0.0800. The van der Waals surface area contributed by atoms with Crippen molar-refractivity contribution in [2.45, 2.75) is 77.7 Å². The van der Waals surface area contributed by atoms with E-state index >= 15 is 0 Å². The van der Waals surface area contributed by atoms with Crippen LogP contribution in [0.1, 0.15) is 71.6 Å². The summed E-state index contributed by atoms with van der Waals surface area (Å²) in [7, 11) is 0. The molecule has 18 heavy (non-hydrogen) atoms. The Labute approximate surface area is 113 Å². The highest BCUT2D eigenvalue weighted by molar-refractivity contribution is 4.87. The molecule has 0 aliphatic heterocycles. The Kier molecular flexibility index (Phi) is 5.50. The molecule has 0 amide bonds. The second-order valence-corrected chi connectivity index (χ2v) is 6.90. The van der Waals surface area contributed by atoms with Gasteiger partial charge in [0.05, 0.1) is 0 Å². The van der Waals surface area contributed by atoms with Crippen molar-refractivity contribution in [3.8, 4) is 0 Å². The van der Waals surface area contributed by atoms with Gasteiger partial charge in [0.1, 0.15) is 0 Å². The number of nitrogens with one attached hydrogen (secondary N) is 1. The molecule has 0 saturated heterocycles. The van der Waals surface area contributed by atoms with E-state index in [9.17, 15) is 0 Å². The maximum absolute atomic E-state index is 5.89. The minimum Gasteiger partial charge on any atom is -0.271 e. The van der Waals surface area contributed by atoms with E-state index in [1.807, 2.05) is 0 Å². The van der Waals surface area contributed by atoms with Gasteiger partial charge in [0.15, 0.2) is 0 Å². The molecule has 0 heterocycles. The molecule has 0 aromatic heterocycles. The highest BCUT2D eigenvalue weighted by Crippen LogP contribution is 2.38. The predicted octanol–water partition coefficient (Wildman–Crippen LogP) is 3.86. The summed E-state index contributed by atoms with van der Waals surface area (Å²) in [5.41, 5.74) is 3.19. The molecule has 2 rings (SSSR count). The molecule has 1 unspecified atom stereocenters. The van der Waals surface area contributed by atoms with Gasteiger partial charge in [-0.2, -0.15) is 0 Å². The fourth-order valence-electron chi connectivity index (χ4n) is 4.26. The predicted molar refractivity (Wildman–Crippen MR) is 78.0 cm³/mol. The standard InChI is InChI=1S/C16H32N2/c1-3-13-6-10-15(11-7-13)16(18-17)14-8-4-12(2)5-9-14/h12-16,18H,3-11,17H2,1-2H3. The zero-order valence-electron chi connectivity index (χ0n) is 12.3. The molecule has 0 spiro atoms. The summed E-state index contributed by atoms with van der Waals surface area (Å²) in [5, 5.41) is 0. The Morgan fingerprint density at radius 2 is 1.44 bits per heavy atom. The number of hydrogen-bond donors (Lipinski definition) is 2. The Morgan fingerprint density at radius 3 is 1.89 bits per heavy atom. The zero-order chi connectivity index (χ0) is 13.0. The van der Waals surface area contributed by atoms with Crippen LogP contribution in [0.25, 0.3) is 0 Å². The first-order chi connectivity index (χ1) is 8.74. The summed E-state index contributed by atoms with van der Waals surface area (Å²) in [4.78, 5) is 0. The lowest BCUT2D eigenvalue weighted by Gasteiger charge is -2.40. The zero-order valence-corrected chi connectivity index (χ0v) is 12.3. The van der Waals surface area contributed by atoms with Crippen LogP contribution in [-0.4, -0.2) is 6.04 Å². The lowest BCUT2D eigenvalue weighted by molar-refractivity contribution is 0.140. The first kappa shape index (κ1) is 14.3. The van der Waals surface area contributed by atoms with Crippen molar-refractivity contribution in [3.05, 3.63) is 0 Å². The number of hydrazine groups is 1. The van der Waals surface area contributed by atoms with Crippen molar-refractivity contribution in [3.63, 3.8) is 0 Å². The second-order valence-electron chi connectivity index (χ2n) is 6.90. The largest absolute Gasteiger partial charge is 0.271 e.